The average Bonchev–Trinajstić information content (AvgIpc) is 2.72. The number of hydrogen-bond donors (Lipinski definition) is 1. The van der Waals surface area contributed by atoms with Gasteiger partial charge in [0, 0.05) is 12.6 Å². The summed E-state index contributed by atoms with van der Waals surface area (Å²) < 4.78 is 0. The van der Waals surface area contributed by atoms with E-state index in [2.05, 4.69) is 98.9 Å². The summed E-state index contributed by atoms with van der Waals surface area (Å²) in [5, 5.41) is 3.71. The Hall–Kier alpha value is -2.38. The van der Waals surface area contributed by atoms with Crippen LogP contribution in [-0.4, -0.2) is 0 Å². The van der Waals surface area contributed by atoms with E-state index in [0.717, 1.165) is 19.4 Å². The standard InChI is InChI=1S/C25H29N/c1-4-20-14-15-25(22(5-2)16-20)19(3)26-18-21-10-9-13-24(17-21)23-11-7-6-8-12-23/h6-17,19,26H,4-5,18H2,1-3H3. The van der Waals surface area contributed by atoms with Crippen LogP contribution in [0.15, 0.2) is 72.8 Å². The van der Waals surface area contributed by atoms with Crippen LogP contribution in [0.1, 0.15) is 49.1 Å². The molecular weight excluding hydrogens is 314 g/mol. The first-order valence-corrected chi connectivity index (χ1v) is 9.70. The van der Waals surface area contributed by atoms with Gasteiger partial charge in [0.15, 0.2) is 0 Å². The van der Waals surface area contributed by atoms with Crippen molar-refractivity contribution in [1.29, 1.82) is 0 Å². The van der Waals surface area contributed by atoms with Crippen LogP contribution in [0.4, 0.5) is 0 Å². The van der Waals surface area contributed by atoms with Crippen LogP contribution in [0.25, 0.3) is 11.1 Å². The third-order valence-electron chi connectivity index (χ3n) is 5.11. The van der Waals surface area contributed by atoms with Gasteiger partial charge < -0.3 is 5.32 Å². The van der Waals surface area contributed by atoms with Gasteiger partial charge in [0.25, 0.3) is 0 Å². The molecule has 0 fully saturated rings. The minimum absolute atomic E-state index is 0.344. The molecule has 0 aromatic heterocycles. The van der Waals surface area contributed by atoms with Crippen molar-refractivity contribution in [2.45, 2.75) is 46.2 Å². The van der Waals surface area contributed by atoms with Crippen molar-refractivity contribution < 1.29 is 0 Å². The van der Waals surface area contributed by atoms with Crippen molar-refractivity contribution in [2.24, 2.45) is 0 Å². The van der Waals surface area contributed by atoms with Gasteiger partial charge in [-0.05, 0) is 59.2 Å². The first-order chi connectivity index (χ1) is 12.7. The van der Waals surface area contributed by atoms with Gasteiger partial charge in [-0.1, -0.05) is 80.6 Å². The van der Waals surface area contributed by atoms with Gasteiger partial charge in [0.1, 0.15) is 0 Å². The Morgan fingerprint density at radius 3 is 2.23 bits per heavy atom. The Morgan fingerprint density at radius 2 is 1.50 bits per heavy atom. The van der Waals surface area contributed by atoms with Crippen molar-refractivity contribution in [3.63, 3.8) is 0 Å². The summed E-state index contributed by atoms with van der Waals surface area (Å²) in [7, 11) is 0. The van der Waals surface area contributed by atoms with Crippen molar-refractivity contribution in [3.8, 4) is 11.1 Å². The summed E-state index contributed by atoms with van der Waals surface area (Å²) in [5.41, 5.74) is 8.17. The Bertz CT molecular complexity index is 836. The van der Waals surface area contributed by atoms with Gasteiger partial charge in [-0.15, -0.1) is 0 Å². The first-order valence-electron chi connectivity index (χ1n) is 9.70. The highest BCUT2D eigenvalue weighted by Crippen LogP contribution is 2.23. The minimum atomic E-state index is 0.344. The topological polar surface area (TPSA) is 12.0 Å². The van der Waals surface area contributed by atoms with E-state index in [1.54, 1.807) is 0 Å². The fourth-order valence-electron chi connectivity index (χ4n) is 3.48. The predicted molar refractivity (Wildman–Crippen MR) is 112 cm³/mol. The van der Waals surface area contributed by atoms with Crippen molar-refractivity contribution in [3.05, 3.63) is 95.1 Å². The van der Waals surface area contributed by atoms with Crippen LogP contribution in [-0.2, 0) is 19.4 Å². The second-order valence-electron chi connectivity index (χ2n) is 6.91. The number of nitrogens with one attached hydrogen (secondary N) is 1. The quantitative estimate of drug-likeness (QED) is 0.528. The van der Waals surface area contributed by atoms with Crippen LogP contribution in [0, 0.1) is 0 Å². The fraction of sp³-hybridized carbons (Fsp3) is 0.280. The molecule has 0 aliphatic heterocycles. The predicted octanol–water partition coefficient (Wildman–Crippen LogP) is 6.33. The number of benzene rings is 3. The highest BCUT2D eigenvalue weighted by atomic mass is 14.9. The summed E-state index contributed by atoms with van der Waals surface area (Å²) in [4.78, 5) is 0. The summed E-state index contributed by atoms with van der Waals surface area (Å²) in [6.07, 6.45) is 2.18. The molecule has 0 saturated heterocycles. The molecule has 1 heteroatoms. The third-order valence-corrected chi connectivity index (χ3v) is 5.11. The highest BCUT2D eigenvalue weighted by molar-refractivity contribution is 5.63. The maximum atomic E-state index is 3.71. The second kappa shape index (κ2) is 8.82. The van der Waals surface area contributed by atoms with Gasteiger partial charge in [0.2, 0.25) is 0 Å². The molecule has 3 rings (SSSR count). The Kier molecular flexibility index (Phi) is 6.25. The molecule has 0 amide bonds. The molecule has 0 aliphatic carbocycles. The molecule has 1 N–H and O–H groups in total. The zero-order valence-corrected chi connectivity index (χ0v) is 16.1. The van der Waals surface area contributed by atoms with Gasteiger partial charge in [-0.2, -0.15) is 0 Å². The zero-order chi connectivity index (χ0) is 18.4. The van der Waals surface area contributed by atoms with Crippen LogP contribution in [0.5, 0.6) is 0 Å². The SMILES string of the molecule is CCc1ccc(C(C)NCc2cccc(-c3ccccc3)c2)c(CC)c1. The lowest BCUT2D eigenvalue weighted by Crippen LogP contribution is -2.19. The second-order valence-corrected chi connectivity index (χ2v) is 6.91. The van der Waals surface area contributed by atoms with E-state index in [9.17, 15) is 0 Å². The summed E-state index contributed by atoms with van der Waals surface area (Å²) in [6, 6.07) is 26.7. The summed E-state index contributed by atoms with van der Waals surface area (Å²) >= 11 is 0. The van der Waals surface area contributed by atoms with Gasteiger partial charge in [0.05, 0.1) is 0 Å². The summed E-state index contributed by atoms with van der Waals surface area (Å²) in [5.74, 6) is 0. The lowest BCUT2D eigenvalue weighted by molar-refractivity contribution is 0.570. The van der Waals surface area contributed by atoms with E-state index >= 15 is 0 Å². The van der Waals surface area contributed by atoms with E-state index in [-0.39, 0.29) is 0 Å². The monoisotopic (exact) mass is 343 g/mol. The average molecular weight is 344 g/mol. The maximum absolute atomic E-state index is 3.71. The molecule has 0 radical (unpaired) electrons. The van der Waals surface area contributed by atoms with Crippen molar-refractivity contribution in [2.75, 3.05) is 0 Å². The Morgan fingerprint density at radius 1 is 0.731 bits per heavy atom. The Labute approximate surface area is 158 Å². The largest absolute Gasteiger partial charge is 0.306 e. The molecular formula is C25H29N. The van der Waals surface area contributed by atoms with Crippen LogP contribution in [0.3, 0.4) is 0 Å². The molecule has 1 atom stereocenters. The molecule has 26 heavy (non-hydrogen) atoms. The van der Waals surface area contributed by atoms with Crippen LogP contribution >= 0.6 is 0 Å². The van der Waals surface area contributed by atoms with Crippen molar-refractivity contribution >= 4 is 0 Å². The molecule has 1 nitrogen and oxygen atoms in total. The first kappa shape index (κ1) is 18.4. The molecule has 0 spiro atoms. The van der Waals surface area contributed by atoms with Gasteiger partial charge in [-0.3, -0.25) is 0 Å². The molecule has 134 valence electrons. The van der Waals surface area contributed by atoms with E-state index in [0.29, 0.717) is 6.04 Å². The number of rotatable bonds is 7. The normalized spacial score (nSPS) is 12.1. The molecule has 3 aromatic carbocycles. The third kappa shape index (κ3) is 4.42. The molecule has 3 aromatic rings. The molecule has 0 aliphatic rings. The summed E-state index contributed by atoms with van der Waals surface area (Å²) in [6.45, 7) is 7.60. The van der Waals surface area contributed by atoms with Crippen LogP contribution in [0.2, 0.25) is 0 Å². The minimum Gasteiger partial charge on any atom is -0.306 e. The van der Waals surface area contributed by atoms with E-state index in [1.165, 1.54) is 33.4 Å². The van der Waals surface area contributed by atoms with E-state index in [1.807, 2.05) is 0 Å². The van der Waals surface area contributed by atoms with E-state index < -0.39 is 0 Å². The van der Waals surface area contributed by atoms with Crippen LogP contribution < -0.4 is 5.32 Å². The van der Waals surface area contributed by atoms with Crippen molar-refractivity contribution in [1.82, 2.24) is 5.32 Å². The molecule has 0 bridgehead atoms. The molecule has 0 saturated carbocycles. The smallest absolute Gasteiger partial charge is 0.0297 e. The lowest BCUT2D eigenvalue weighted by Gasteiger charge is -2.19. The number of hydrogen-bond acceptors (Lipinski definition) is 1. The fourth-order valence-corrected chi connectivity index (χ4v) is 3.48. The number of aryl methyl sites for hydroxylation is 2. The van der Waals surface area contributed by atoms with Gasteiger partial charge in [-0.25, -0.2) is 0 Å². The van der Waals surface area contributed by atoms with E-state index in [4.69, 9.17) is 0 Å². The lowest BCUT2D eigenvalue weighted by atomic mass is 9.96. The maximum Gasteiger partial charge on any atom is 0.0297 e. The highest BCUT2D eigenvalue weighted by Gasteiger charge is 2.10. The molecule has 1 unspecified atom stereocenters. The Balaban J connectivity index is 1.71. The molecule has 0 heterocycles. The van der Waals surface area contributed by atoms with Gasteiger partial charge >= 0.3 is 0 Å². The zero-order valence-electron chi connectivity index (χ0n) is 16.1.